The predicted octanol–water partition coefficient (Wildman–Crippen LogP) is 2.14. The van der Waals surface area contributed by atoms with E-state index >= 15 is 0 Å². The van der Waals surface area contributed by atoms with Crippen LogP contribution >= 0.6 is 31.9 Å². The first-order valence-corrected chi connectivity index (χ1v) is 6.28. The van der Waals surface area contributed by atoms with Crippen LogP contribution in [0, 0.1) is 0 Å². The fraction of sp³-hybridized carbons (Fsp3) is 0.100. The van der Waals surface area contributed by atoms with Crippen LogP contribution in [0.4, 0.5) is 0 Å². The van der Waals surface area contributed by atoms with Crippen LogP contribution < -0.4 is 5.49 Å². The third-order valence-corrected chi connectivity index (χ3v) is 3.55. The number of pyridine rings is 1. The molecule has 2 aromatic rings. The Morgan fingerprint density at radius 2 is 2.24 bits per heavy atom. The van der Waals surface area contributed by atoms with Gasteiger partial charge in [-0.1, -0.05) is 5.16 Å². The zero-order valence-corrected chi connectivity index (χ0v) is 11.8. The molecular formula is C10H8Br2N4O. The Bertz CT molecular complexity index is 597. The Kier molecular flexibility index (Phi) is 3.90. The second kappa shape index (κ2) is 5.42. The van der Waals surface area contributed by atoms with Crippen molar-refractivity contribution in [2.75, 3.05) is 0 Å². The van der Waals surface area contributed by atoms with Crippen molar-refractivity contribution in [1.29, 1.82) is 0 Å². The molecule has 0 fully saturated rings. The number of rotatable bonds is 2. The van der Waals surface area contributed by atoms with E-state index in [1.54, 1.807) is 24.8 Å². The van der Waals surface area contributed by atoms with Crippen molar-refractivity contribution in [3.63, 3.8) is 0 Å². The maximum Gasteiger partial charge on any atom is 0.195 e. The van der Waals surface area contributed by atoms with Gasteiger partial charge in [-0.05, 0) is 43.5 Å². The van der Waals surface area contributed by atoms with E-state index in [1.165, 1.54) is 0 Å². The summed E-state index contributed by atoms with van der Waals surface area (Å²) in [6.45, 7) is 0.641. The van der Waals surface area contributed by atoms with E-state index in [9.17, 15) is 0 Å². The molecule has 5 nitrogen and oxygen atoms in total. The van der Waals surface area contributed by atoms with Gasteiger partial charge in [0, 0.05) is 22.9 Å². The average molecular weight is 360 g/mol. The smallest absolute Gasteiger partial charge is 0.195 e. The lowest BCUT2D eigenvalue weighted by Gasteiger charge is -2.09. The lowest BCUT2D eigenvalue weighted by atomic mass is 10.3. The highest BCUT2D eigenvalue weighted by atomic mass is 79.9. The molecule has 0 saturated heterocycles. The van der Waals surface area contributed by atoms with Crippen LogP contribution in [0.15, 0.2) is 45.1 Å². The van der Waals surface area contributed by atoms with Gasteiger partial charge in [0.15, 0.2) is 5.49 Å². The third-order valence-electron chi connectivity index (χ3n) is 2.15. The van der Waals surface area contributed by atoms with Gasteiger partial charge in [0.1, 0.15) is 0 Å². The van der Waals surface area contributed by atoms with Crippen LogP contribution in [-0.4, -0.2) is 19.7 Å². The minimum Gasteiger partial charge on any atom is -0.409 e. The third kappa shape index (κ3) is 2.92. The molecular weight excluding hydrogens is 352 g/mol. The van der Waals surface area contributed by atoms with Crippen molar-refractivity contribution >= 4 is 31.9 Å². The topological polar surface area (TPSA) is 63.3 Å². The Labute approximate surface area is 114 Å². The van der Waals surface area contributed by atoms with Gasteiger partial charge in [-0.25, -0.2) is 4.98 Å². The minimum absolute atomic E-state index is 0.266. The fourth-order valence-corrected chi connectivity index (χ4v) is 2.09. The van der Waals surface area contributed by atoms with Crippen LogP contribution in [0.2, 0.25) is 0 Å². The molecule has 0 aliphatic heterocycles. The van der Waals surface area contributed by atoms with Crippen molar-refractivity contribution in [2.24, 2.45) is 5.16 Å². The summed E-state index contributed by atoms with van der Waals surface area (Å²) in [5, 5.41) is 11.6. The van der Waals surface area contributed by atoms with Gasteiger partial charge >= 0.3 is 0 Å². The number of hydrogen-bond acceptors (Lipinski definition) is 4. The summed E-state index contributed by atoms with van der Waals surface area (Å²) in [5.41, 5.74) is 1.35. The highest BCUT2D eigenvalue weighted by Gasteiger charge is 2.02. The largest absolute Gasteiger partial charge is 0.409 e. The van der Waals surface area contributed by atoms with Crippen LogP contribution in [0.3, 0.4) is 0 Å². The lowest BCUT2D eigenvalue weighted by molar-refractivity contribution is 0.298. The Morgan fingerprint density at radius 3 is 2.88 bits per heavy atom. The summed E-state index contributed by atoms with van der Waals surface area (Å²) in [4.78, 5) is 7.97. The molecule has 0 atom stereocenters. The Hall–Kier alpha value is -1.21. The number of halogens is 2. The van der Waals surface area contributed by atoms with E-state index in [0.29, 0.717) is 6.54 Å². The van der Waals surface area contributed by atoms with E-state index in [4.69, 9.17) is 5.21 Å². The van der Waals surface area contributed by atoms with Crippen LogP contribution in [0.1, 0.15) is 5.56 Å². The maximum absolute atomic E-state index is 8.60. The molecule has 2 rings (SSSR count). The molecule has 0 spiro atoms. The van der Waals surface area contributed by atoms with Gasteiger partial charge < -0.3 is 9.77 Å². The van der Waals surface area contributed by atoms with E-state index in [-0.39, 0.29) is 5.49 Å². The molecule has 88 valence electrons. The normalized spacial score (nSPS) is 11.8. The number of aromatic nitrogens is 3. The second-order valence-electron chi connectivity index (χ2n) is 3.26. The first-order chi connectivity index (χ1) is 8.20. The lowest BCUT2D eigenvalue weighted by Crippen LogP contribution is -2.13. The van der Waals surface area contributed by atoms with Crippen LogP contribution in [0.25, 0.3) is 0 Å². The highest BCUT2D eigenvalue weighted by molar-refractivity contribution is 9.10. The SMILES string of the molecule is O/N=c1/cc(Br)n(Cc2ccncc2Br)cn1. The van der Waals surface area contributed by atoms with E-state index < -0.39 is 0 Å². The standard InChI is InChI=1S/C10H8Br2N4O/c11-8-4-13-2-1-7(8)5-16-6-14-10(15-17)3-9(16)12/h1-4,6,17H,5H2/b15-10-. The molecule has 0 aliphatic rings. The minimum atomic E-state index is 0.266. The zero-order chi connectivity index (χ0) is 12.3. The van der Waals surface area contributed by atoms with E-state index in [0.717, 1.165) is 14.6 Å². The van der Waals surface area contributed by atoms with Gasteiger partial charge in [0.05, 0.1) is 17.5 Å². The van der Waals surface area contributed by atoms with E-state index in [1.807, 2.05) is 10.6 Å². The summed E-state index contributed by atoms with van der Waals surface area (Å²) >= 11 is 6.83. The van der Waals surface area contributed by atoms with Gasteiger partial charge in [-0.3, -0.25) is 4.98 Å². The van der Waals surface area contributed by atoms with Gasteiger partial charge in [0.2, 0.25) is 0 Å². The highest BCUT2D eigenvalue weighted by Crippen LogP contribution is 2.17. The first kappa shape index (κ1) is 12.3. The number of nitrogens with zero attached hydrogens (tertiary/aromatic N) is 4. The molecule has 0 aromatic carbocycles. The van der Waals surface area contributed by atoms with Crippen LogP contribution in [0.5, 0.6) is 0 Å². The van der Waals surface area contributed by atoms with Gasteiger partial charge in [0.25, 0.3) is 0 Å². The first-order valence-electron chi connectivity index (χ1n) is 4.69. The monoisotopic (exact) mass is 358 g/mol. The van der Waals surface area contributed by atoms with E-state index in [2.05, 4.69) is 47.0 Å². The summed E-state index contributed by atoms with van der Waals surface area (Å²) in [7, 11) is 0. The Morgan fingerprint density at radius 1 is 1.41 bits per heavy atom. The van der Waals surface area contributed by atoms with Crippen LogP contribution in [-0.2, 0) is 6.54 Å². The Balaban J connectivity index is 2.34. The van der Waals surface area contributed by atoms with Crippen molar-refractivity contribution < 1.29 is 5.21 Å². The number of hydrogen-bond donors (Lipinski definition) is 1. The zero-order valence-electron chi connectivity index (χ0n) is 8.59. The van der Waals surface area contributed by atoms with Gasteiger partial charge in [-0.2, -0.15) is 0 Å². The summed E-state index contributed by atoms with van der Waals surface area (Å²) in [5.74, 6) is 0. The molecule has 0 unspecified atom stereocenters. The van der Waals surface area contributed by atoms with Crippen molar-refractivity contribution in [3.05, 3.63) is 51.0 Å². The quantitative estimate of drug-likeness (QED) is 0.507. The fourth-order valence-electron chi connectivity index (χ4n) is 1.30. The summed E-state index contributed by atoms with van der Waals surface area (Å²) < 4.78 is 3.61. The molecule has 7 heteroatoms. The predicted molar refractivity (Wildman–Crippen MR) is 68.3 cm³/mol. The maximum atomic E-state index is 8.60. The molecule has 0 saturated carbocycles. The van der Waals surface area contributed by atoms with Crippen molar-refractivity contribution in [2.45, 2.75) is 6.54 Å². The van der Waals surface area contributed by atoms with Crippen molar-refractivity contribution in [3.8, 4) is 0 Å². The summed E-state index contributed by atoms with van der Waals surface area (Å²) in [6, 6.07) is 3.56. The molecule has 0 aliphatic carbocycles. The summed E-state index contributed by atoms with van der Waals surface area (Å²) in [6.07, 6.45) is 5.08. The molecule has 17 heavy (non-hydrogen) atoms. The molecule has 1 N–H and O–H groups in total. The molecule has 0 amide bonds. The van der Waals surface area contributed by atoms with Crippen molar-refractivity contribution in [1.82, 2.24) is 14.5 Å². The average Bonchev–Trinajstić information content (AvgIpc) is 2.34. The second-order valence-corrected chi connectivity index (χ2v) is 4.93. The molecule has 2 aromatic heterocycles. The molecule has 0 radical (unpaired) electrons. The van der Waals surface area contributed by atoms with Gasteiger partial charge in [-0.15, -0.1) is 0 Å². The molecule has 2 heterocycles. The molecule has 0 bridgehead atoms.